The van der Waals surface area contributed by atoms with Crippen LogP contribution >= 0.6 is 0 Å². The number of aromatic amines is 1. The van der Waals surface area contributed by atoms with Crippen molar-refractivity contribution in [2.75, 3.05) is 0 Å². The van der Waals surface area contributed by atoms with Crippen molar-refractivity contribution in [1.82, 2.24) is 15.5 Å². The first kappa shape index (κ1) is 8.74. The molecule has 2 aromatic rings. The van der Waals surface area contributed by atoms with Crippen molar-refractivity contribution in [2.45, 2.75) is 13.5 Å². The third kappa shape index (κ3) is 1.59. The Kier molecular flexibility index (Phi) is 2.18. The van der Waals surface area contributed by atoms with Crippen molar-refractivity contribution in [3.63, 3.8) is 0 Å². The van der Waals surface area contributed by atoms with E-state index >= 15 is 0 Å². The highest BCUT2D eigenvalue weighted by atomic mass is 16.1. The van der Waals surface area contributed by atoms with Gasteiger partial charge in [-0.2, -0.15) is 5.10 Å². The number of hydrogen-bond donors (Lipinski definition) is 2. The largest absolute Gasteiger partial charge is 0.352 e. The topological polar surface area (TPSA) is 57.8 Å². The van der Waals surface area contributed by atoms with E-state index in [1.807, 2.05) is 18.2 Å². The zero-order valence-electron chi connectivity index (χ0n) is 7.87. The summed E-state index contributed by atoms with van der Waals surface area (Å²) < 4.78 is 0. The van der Waals surface area contributed by atoms with Gasteiger partial charge < -0.3 is 5.32 Å². The Balaban J connectivity index is 2.32. The van der Waals surface area contributed by atoms with Crippen molar-refractivity contribution in [2.24, 2.45) is 0 Å². The molecule has 0 atom stereocenters. The van der Waals surface area contributed by atoms with E-state index in [1.165, 1.54) is 6.92 Å². The molecular formula is C10H11N3O. The minimum atomic E-state index is -0.0227. The molecule has 0 saturated carbocycles. The minimum absolute atomic E-state index is 0.0227. The number of rotatable bonds is 2. The van der Waals surface area contributed by atoms with E-state index in [0.29, 0.717) is 6.54 Å². The summed E-state index contributed by atoms with van der Waals surface area (Å²) in [5, 5.41) is 10.7. The number of nitrogens with one attached hydrogen (secondary N) is 2. The van der Waals surface area contributed by atoms with Gasteiger partial charge >= 0.3 is 0 Å². The predicted octanol–water partition coefficient (Wildman–Crippen LogP) is 1.20. The maximum absolute atomic E-state index is 10.8. The zero-order valence-corrected chi connectivity index (χ0v) is 7.87. The third-order valence-electron chi connectivity index (χ3n) is 2.10. The number of fused-ring (bicyclic) bond motifs is 1. The van der Waals surface area contributed by atoms with E-state index in [4.69, 9.17) is 0 Å². The zero-order chi connectivity index (χ0) is 9.97. The highest BCUT2D eigenvalue weighted by Crippen LogP contribution is 2.15. The molecule has 0 radical (unpaired) electrons. The lowest BCUT2D eigenvalue weighted by Gasteiger charge is -2.02. The average Bonchev–Trinajstić information content (AvgIpc) is 2.62. The van der Waals surface area contributed by atoms with Crippen LogP contribution in [0.3, 0.4) is 0 Å². The first-order valence-corrected chi connectivity index (χ1v) is 4.43. The molecule has 4 heteroatoms. The summed E-state index contributed by atoms with van der Waals surface area (Å²) in [6.45, 7) is 2.06. The van der Waals surface area contributed by atoms with Crippen LogP contribution in [-0.4, -0.2) is 16.1 Å². The van der Waals surface area contributed by atoms with Crippen LogP contribution in [-0.2, 0) is 11.3 Å². The van der Waals surface area contributed by atoms with Crippen molar-refractivity contribution in [3.8, 4) is 0 Å². The molecule has 2 N–H and O–H groups in total. The van der Waals surface area contributed by atoms with Gasteiger partial charge in [0.15, 0.2) is 0 Å². The molecule has 2 rings (SSSR count). The third-order valence-corrected chi connectivity index (χ3v) is 2.10. The molecule has 0 aliphatic heterocycles. The maximum Gasteiger partial charge on any atom is 0.217 e. The van der Waals surface area contributed by atoms with Crippen molar-refractivity contribution in [3.05, 3.63) is 30.0 Å². The van der Waals surface area contributed by atoms with Gasteiger partial charge in [0.1, 0.15) is 0 Å². The van der Waals surface area contributed by atoms with Crippen molar-refractivity contribution in [1.29, 1.82) is 0 Å². The number of H-pyrrole nitrogens is 1. The van der Waals surface area contributed by atoms with E-state index in [-0.39, 0.29) is 5.91 Å². The van der Waals surface area contributed by atoms with Crippen LogP contribution in [0.25, 0.3) is 10.9 Å². The summed E-state index contributed by atoms with van der Waals surface area (Å²) in [5.74, 6) is -0.0227. The summed E-state index contributed by atoms with van der Waals surface area (Å²) in [7, 11) is 0. The molecule has 0 bridgehead atoms. The van der Waals surface area contributed by atoms with E-state index < -0.39 is 0 Å². The van der Waals surface area contributed by atoms with E-state index in [9.17, 15) is 4.79 Å². The van der Waals surface area contributed by atoms with Crippen LogP contribution in [0, 0.1) is 0 Å². The summed E-state index contributed by atoms with van der Waals surface area (Å²) in [6, 6.07) is 5.88. The molecule has 1 heterocycles. The number of amides is 1. The molecule has 1 aromatic heterocycles. The number of carbonyl (C=O) groups excluding carboxylic acids is 1. The van der Waals surface area contributed by atoms with Crippen molar-refractivity contribution < 1.29 is 4.79 Å². The summed E-state index contributed by atoms with van der Waals surface area (Å²) in [4.78, 5) is 10.8. The van der Waals surface area contributed by atoms with Crippen LogP contribution in [0.4, 0.5) is 0 Å². The van der Waals surface area contributed by atoms with E-state index in [0.717, 1.165) is 16.5 Å². The number of aromatic nitrogens is 2. The number of nitrogens with zero attached hydrogens (tertiary/aromatic N) is 1. The molecule has 0 spiro atoms. The van der Waals surface area contributed by atoms with Gasteiger partial charge in [-0.05, 0) is 11.6 Å². The quantitative estimate of drug-likeness (QED) is 0.745. The number of benzene rings is 1. The fourth-order valence-corrected chi connectivity index (χ4v) is 1.40. The highest BCUT2D eigenvalue weighted by Gasteiger charge is 2.02. The van der Waals surface area contributed by atoms with Gasteiger partial charge in [0.05, 0.1) is 11.7 Å². The molecule has 0 unspecified atom stereocenters. The Bertz CT molecular complexity index is 461. The molecule has 0 aliphatic rings. The summed E-state index contributed by atoms with van der Waals surface area (Å²) in [5.41, 5.74) is 2.07. The lowest BCUT2D eigenvalue weighted by atomic mass is 10.1. The van der Waals surface area contributed by atoms with Gasteiger partial charge in [-0.25, -0.2) is 0 Å². The van der Waals surface area contributed by atoms with E-state index in [1.54, 1.807) is 6.20 Å². The van der Waals surface area contributed by atoms with Gasteiger partial charge in [-0.15, -0.1) is 0 Å². The summed E-state index contributed by atoms with van der Waals surface area (Å²) in [6.07, 6.45) is 1.77. The van der Waals surface area contributed by atoms with E-state index in [2.05, 4.69) is 15.5 Å². The second-order valence-corrected chi connectivity index (χ2v) is 3.16. The standard InChI is InChI=1S/C10H11N3O/c1-7(14)11-5-8-3-2-4-10-9(8)6-12-13-10/h2-4,6H,5H2,1H3,(H,11,14)(H,12,13). The number of hydrogen-bond acceptors (Lipinski definition) is 2. The van der Waals surface area contributed by atoms with Gasteiger partial charge in [-0.3, -0.25) is 9.89 Å². The van der Waals surface area contributed by atoms with Crippen LogP contribution in [0.1, 0.15) is 12.5 Å². The molecule has 0 aliphatic carbocycles. The Morgan fingerprint density at radius 1 is 1.57 bits per heavy atom. The minimum Gasteiger partial charge on any atom is -0.352 e. The predicted molar refractivity (Wildman–Crippen MR) is 53.6 cm³/mol. The SMILES string of the molecule is CC(=O)NCc1cccc2[nH]ncc12. The Labute approximate surface area is 81.3 Å². The maximum atomic E-state index is 10.8. The fraction of sp³-hybridized carbons (Fsp3) is 0.200. The lowest BCUT2D eigenvalue weighted by molar-refractivity contribution is -0.119. The smallest absolute Gasteiger partial charge is 0.217 e. The lowest BCUT2D eigenvalue weighted by Crippen LogP contribution is -2.18. The van der Waals surface area contributed by atoms with Gasteiger partial charge in [0.2, 0.25) is 5.91 Å². The van der Waals surface area contributed by atoms with Gasteiger partial charge in [0, 0.05) is 18.9 Å². The Hall–Kier alpha value is -1.84. The molecule has 1 amide bonds. The molecule has 0 saturated heterocycles. The van der Waals surface area contributed by atoms with Crippen LogP contribution in [0.5, 0.6) is 0 Å². The first-order valence-electron chi connectivity index (χ1n) is 4.43. The Morgan fingerprint density at radius 3 is 3.21 bits per heavy atom. The summed E-state index contributed by atoms with van der Waals surface area (Å²) >= 11 is 0. The monoisotopic (exact) mass is 189 g/mol. The second-order valence-electron chi connectivity index (χ2n) is 3.16. The molecule has 72 valence electrons. The fourth-order valence-electron chi connectivity index (χ4n) is 1.40. The average molecular weight is 189 g/mol. The molecule has 0 fully saturated rings. The van der Waals surface area contributed by atoms with Gasteiger partial charge in [0.25, 0.3) is 0 Å². The molecule has 1 aromatic carbocycles. The highest BCUT2D eigenvalue weighted by molar-refractivity contribution is 5.82. The second kappa shape index (κ2) is 3.49. The van der Waals surface area contributed by atoms with Crippen LogP contribution < -0.4 is 5.32 Å². The first-order chi connectivity index (χ1) is 6.77. The normalized spacial score (nSPS) is 10.4. The Morgan fingerprint density at radius 2 is 2.43 bits per heavy atom. The molecule has 14 heavy (non-hydrogen) atoms. The van der Waals surface area contributed by atoms with Crippen LogP contribution in [0.15, 0.2) is 24.4 Å². The molecular weight excluding hydrogens is 178 g/mol. The van der Waals surface area contributed by atoms with Crippen LogP contribution in [0.2, 0.25) is 0 Å². The molecule has 4 nitrogen and oxygen atoms in total. The van der Waals surface area contributed by atoms with Crippen molar-refractivity contribution >= 4 is 16.8 Å². The number of carbonyl (C=O) groups is 1. The van der Waals surface area contributed by atoms with Gasteiger partial charge in [-0.1, -0.05) is 12.1 Å².